The van der Waals surface area contributed by atoms with Crippen molar-refractivity contribution in [1.82, 2.24) is 0 Å². The molecular formula is C16H19ClO. The van der Waals surface area contributed by atoms with Gasteiger partial charge in [-0.15, -0.1) is 0 Å². The summed E-state index contributed by atoms with van der Waals surface area (Å²) in [7, 11) is 0. The predicted octanol–water partition coefficient (Wildman–Crippen LogP) is 3.80. The molecule has 0 saturated carbocycles. The zero-order valence-electron chi connectivity index (χ0n) is 10.7. The molecule has 0 heterocycles. The Kier molecular flexibility index (Phi) is 12.6. The van der Waals surface area contributed by atoms with Crippen LogP contribution in [0, 0.1) is 23.7 Å². The van der Waals surface area contributed by atoms with Crippen molar-refractivity contribution in [3.63, 3.8) is 0 Å². The lowest BCUT2D eigenvalue weighted by Gasteiger charge is -2.00. The number of rotatable bonds is 6. The number of hydrogen-bond acceptors (Lipinski definition) is 1. The van der Waals surface area contributed by atoms with E-state index < -0.39 is 0 Å². The zero-order chi connectivity index (χ0) is 13.5. The first-order chi connectivity index (χ1) is 8.77. The Morgan fingerprint density at radius 1 is 1.11 bits per heavy atom. The van der Waals surface area contributed by atoms with E-state index in [1.54, 1.807) is 18.2 Å². The van der Waals surface area contributed by atoms with Gasteiger partial charge in [0.2, 0.25) is 0 Å². The third-order valence-corrected chi connectivity index (χ3v) is 2.16. The van der Waals surface area contributed by atoms with E-state index in [4.69, 9.17) is 16.7 Å². The highest BCUT2D eigenvalue weighted by atomic mass is 35.5. The second-order valence-corrected chi connectivity index (χ2v) is 4.00. The summed E-state index contributed by atoms with van der Waals surface area (Å²) in [5, 5.41) is 9.06. The van der Waals surface area contributed by atoms with Crippen LogP contribution in [0.2, 0.25) is 0 Å². The van der Waals surface area contributed by atoms with Crippen LogP contribution in [0.4, 0.5) is 0 Å². The topological polar surface area (TPSA) is 20.2 Å². The van der Waals surface area contributed by atoms with Gasteiger partial charge < -0.3 is 5.11 Å². The van der Waals surface area contributed by atoms with Crippen molar-refractivity contribution in [3.8, 4) is 23.7 Å². The lowest BCUT2D eigenvalue weighted by atomic mass is 10.1. The van der Waals surface area contributed by atoms with E-state index in [1.807, 2.05) is 19.1 Å². The number of aliphatic hydroxyl groups excluding tert-OH is 1. The average molecular weight is 263 g/mol. The molecule has 1 N–H and O–H groups in total. The smallest absolute Gasteiger partial charge is 0.0512 e. The van der Waals surface area contributed by atoms with Crippen molar-refractivity contribution in [2.75, 3.05) is 0 Å². The summed E-state index contributed by atoms with van der Waals surface area (Å²) in [5.41, 5.74) is 1.42. The standard InChI is InChI=1S/C16H19ClO/c1-16(18)14-12-10-8-6-4-2-3-5-7-9-11-13-15-17/h4,6,9,11,13,15-16,18H,8,10,12,14H2,1H3/b6-4-,11-9+,15-13+/t16-/m0/s1. The van der Waals surface area contributed by atoms with Gasteiger partial charge in [0.25, 0.3) is 0 Å². The van der Waals surface area contributed by atoms with Gasteiger partial charge in [0, 0.05) is 5.54 Å². The lowest BCUT2D eigenvalue weighted by Crippen LogP contribution is -1.97. The fourth-order valence-corrected chi connectivity index (χ4v) is 1.23. The Morgan fingerprint density at radius 3 is 2.50 bits per heavy atom. The molecule has 0 aromatic heterocycles. The molecule has 96 valence electrons. The number of unbranched alkanes of at least 4 members (excludes halogenated alkanes) is 2. The van der Waals surface area contributed by atoms with Gasteiger partial charge in [-0.1, -0.05) is 48.1 Å². The summed E-state index contributed by atoms with van der Waals surface area (Å²) in [4.78, 5) is 0. The van der Waals surface area contributed by atoms with Crippen molar-refractivity contribution in [2.45, 2.75) is 38.7 Å². The monoisotopic (exact) mass is 262 g/mol. The maximum atomic E-state index is 9.06. The summed E-state index contributed by atoms with van der Waals surface area (Å²) in [6, 6.07) is 0. The van der Waals surface area contributed by atoms with Crippen LogP contribution >= 0.6 is 11.6 Å². The first kappa shape index (κ1) is 16.6. The first-order valence-electron chi connectivity index (χ1n) is 6.03. The fourth-order valence-electron chi connectivity index (χ4n) is 1.15. The summed E-state index contributed by atoms with van der Waals surface area (Å²) in [6.45, 7) is 1.82. The number of hydrogen-bond donors (Lipinski definition) is 1. The van der Waals surface area contributed by atoms with Gasteiger partial charge in [0.1, 0.15) is 0 Å². The molecule has 0 aromatic rings. The maximum Gasteiger partial charge on any atom is 0.0512 e. The van der Waals surface area contributed by atoms with E-state index in [0.717, 1.165) is 25.7 Å². The summed E-state index contributed by atoms with van der Waals surface area (Å²) >= 11 is 5.32. The number of halogens is 1. The minimum atomic E-state index is -0.189. The second kappa shape index (κ2) is 13.7. The highest BCUT2D eigenvalue weighted by Gasteiger charge is 1.93. The van der Waals surface area contributed by atoms with E-state index in [1.165, 1.54) is 5.54 Å². The molecule has 0 aliphatic heterocycles. The SMILES string of the molecule is C[C@H](O)CCCC/C=C\C#CC#C/C=C/C=C/Cl. The maximum absolute atomic E-state index is 9.06. The van der Waals surface area contributed by atoms with E-state index >= 15 is 0 Å². The molecule has 0 spiro atoms. The van der Waals surface area contributed by atoms with E-state index in [9.17, 15) is 0 Å². The fraction of sp³-hybridized carbons (Fsp3) is 0.375. The lowest BCUT2D eigenvalue weighted by molar-refractivity contribution is 0.181. The van der Waals surface area contributed by atoms with Crippen LogP contribution in [-0.4, -0.2) is 11.2 Å². The molecule has 0 aromatic carbocycles. The van der Waals surface area contributed by atoms with Gasteiger partial charge in [0.15, 0.2) is 0 Å². The van der Waals surface area contributed by atoms with Crippen LogP contribution in [-0.2, 0) is 0 Å². The molecule has 1 atom stereocenters. The van der Waals surface area contributed by atoms with Crippen LogP contribution in [0.15, 0.2) is 35.9 Å². The molecule has 0 rings (SSSR count). The number of aliphatic hydroxyl groups is 1. The molecule has 18 heavy (non-hydrogen) atoms. The Hall–Kier alpha value is -1.41. The molecule has 0 aliphatic carbocycles. The molecule has 0 saturated heterocycles. The quantitative estimate of drug-likeness (QED) is 0.439. The van der Waals surface area contributed by atoms with Crippen molar-refractivity contribution in [1.29, 1.82) is 0 Å². The van der Waals surface area contributed by atoms with Crippen LogP contribution < -0.4 is 0 Å². The average Bonchev–Trinajstić information content (AvgIpc) is 2.34. The highest BCUT2D eigenvalue weighted by molar-refractivity contribution is 6.25. The minimum absolute atomic E-state index is 0.189. The van der Waals surface area contributed by atoms with Crippen LogP contribution in [0.5, 0.6) is 0 Å². The Balaban J connectivity index is 3.63. The van der Waals surface area contributed by atoms with Gasteiger partial charge >= 0.3 is 0 Å². The van der Waals surface area contributed by atoms with Crippen LogP contribution in [0.1, 0.15) is 32.6 Å². The summed E-state index contributed by atoms with van der Waals surface area (Å²) in [5.74, 6) is 11.0. The molecule has 0 bridgehead atoms. The zero-order valence-corrected chi connectivity index (χ0v) is 11.5. The van der Waals surface area contributed by atoms with Gasteiger partial charge in [0.05, 0.1) is 6.10 Å². The molecule has 0 aliphatic rings. The Morgan fingerprint density at radius 2 is 1.83 bits per heavy atom. The van der Waals surface area contributed by atoms with Gasteiger partial charge in [-0.3, -0.25) is 0 Å². The molecular weight excluding hydrogens is 244 g/mol. The van der Waals surface area contributed by atoms with Crippen LogP contribution in [0.25, 0.3) is 0 Å². The highest BCUT2D eigenvalue weighted by Crippen LogP contribution is 2.03. The molecule has 0 unspecified atom stereocenters. The van der Waals surface area contributed by atoms with E-state index in [2.05, 4.69) is 23.7 Å². The molecule has 0 fully saturated rings. The van der Waals surface area contributed by atoms with Crippen molar-refractivity contribution in [2.24, 2.45) is 0 Å². The van der Waals surface area contributed by atoms with Crippen molar-refractivity contribution in [3.05, 3.63) is 35.9 Å². The van der Waals surface area contributed by atoms with Gasteiger partial charge in [-0.25, -0.2) is 0 Å². The predicted molar refractivity (Wildman–Crippen MR) is 79.0 cm³/mol. The van der Waals surface area contributed by atoms with Crippen LogP contribution in [0.3, 0.4) is 0 Å². The normalized spacial score (nSPS) is 12.4. The van der Waals surface area contributed by atoms with E-state index in [0.29, 0.717) is 0 Å². The molecule has 0 radical (unpaired) electrons. The van der Waals surface area contributed by atoms with E-state index in [-0.39, 0.29) is 6.10 Å². The van der Waals surface area contributed by atoms with Gasteiger partial charge in [-0.05, 0) is 50.2 Å². The third-order valence-electron chi connectivity index (χ3n) is 2.01. The molecule has 2 heteroatoms. The second-order valence-electron chi connectivity index (χ2n) is 3.75. The molecule has 0 amide bonds. The number of allylic oxidation sites excluding steroid dienone is 5. The third kappa shape index (κ3) is 14.6. The summed E-state index contributed by atoms with van der Waals surface area (Å²) in [6.07, 6.45) is 12.8. The molecule has 1 nitrogen and oxygen atoms in total. The largest absolute Gasteiger partial charge is 0.393 e. The first-order valence-corrected chi connectivity index (χ1v) is 6.47. The van der Waals surface area contributed by atoms with Gasteiger partial charge in [-0.2, -0.15) is 0 Å². The van der Waals surface area contributed by atoms with Crippen molar-refractivity contribution < 1.29 is 5.11 Å². The Bertz CT molecular complexity index is 394. The summed E-state index contributed by atoms with van der Waals surface area (Å²) < 4.78 is 0. The Labute approximate surface area is 115 Å². The van der Waals surface area contributed by atoms with Crippen molar-refractivity contribution >= 4 is 11.6 Å². The minimum Gasteiger partial charge on any atom is -0.393 e.